The van der Waals surface area contributed by atoms with Crippen molar-refractivity contribution in [1.82, 2.24) is 9.47 Å². The van der Waals surface area contributed by atoms with Crippen molar-refractivity contribution in [3.8, 4) is 39.1 Å². The number of benzene rings is 8. The number of para-hydroxylation sites is 2. The first-order valence-electron chi connectivity index (χ1n) is 18.8. The summed E-state index contributed by atoms with van der Waals surface area (Å²) < 4.78 is 2.39. The summed E-state index contributed by atoms with van der Waals surface area (Å²) >= 11 is 0. The number of rotatable bonds is 5. The minimum Gasteiger partial charge on any atom is -0.362 e. The van der Waals surface area contributed by atoms with E-state index in [-0.39, 0.29) is 6.04 Å². The van der Waals surface area contributed by atoms with Crippen LogP contribution in [0.25, 0.3) is 77.2 Å². The standard InChI is InChI=1S/C52H36N2/c1-3-22-47-43(18-1)44-19-2-4-23-48(44)52(47)53-32-12-16-39(34-53)42-25-11-14-37-13-10-24-41(51(37)42)36-30-28-35(29-31-36)38-15-9-17-40(33-38)54-49-26-7-5-20-45(49)46-21-6-8-27-50(46)54/h1-33,52H,34H2. The number of fused-ring (bicyclic) bond motifs is 7. The highest BCUT2D eigenvalue weighted by atomic mass is 15.1. The zero-order valence-electron chi connectivity index (χ0n) is 29.7. The van der Waals surface area contributed by atoms with E-state index in [1.54, 1.807) is 0 Å². The normalized spacial score (nSPS) is 13.8. The number of nitrogens with zero attached hydrogens (tertiary/aromatic N) is 2. The van der Waals surface area contributed by atoms with Crippen molar-refractivity contribution in [2.45, 2.75) is 6.04 Å². The van der Waals surface area contributed by atoms with Crippen molar-refractivity contribution in [1.29, 1.82) is 0 Å². The van der Waals surface area contributed by atoms with E-state index in [1.165, 1.54) is 93.9 Å². The summed E-state index contributed by atoms with van der Waals surface area (Å²) in [7, 11) is 0. The van der Waals surface area contributed by atoms with Gasteiger partial charge in [-0.25, -0.2) is 0 Å². The second-order valence-electron chi connectivity index (χ2n) is 14.5. The molecule has 0 saturated carbocycles. The first kappa shape index (κ1) is 30.7. The number of hydrogen-bond donors (Lipinski definition) is 0. The number of hydrogen-bond acceptors (Lipinski definition) is 1. The molecule has 2 nitrogen and oxygen atoms in total. The van der Waals surface area contributed by atoms with Crippen molar-refractivity contribution >= 4 is 38.2 Å². The SMILES string of the molecule is C1=CN(C2c3ccccc3-c3ccccc32)CC(c2cccc3cccc(-c4ccc(-c5cccc(-n6c7ccccc7c7ccccc76)c5)cc4)c23)=C1. The molecule has 2 aliphatic rings. The molecular weight excluding hydrogens is 653 g/mol. The summed E-state index contributed by atoms with van der Waals surface area (Å²) in [5.41, 5.74) is 16.6. The predicted molar refractivity (Wildman–Crippen MR) is 227 cm³/mol. The molecule has 0 atom stereocenters. The van der Waals surface area contributed by atoms with Gasteiger partial charge in [-0.3, -0.25) is 0 Å². The molecular formula is C52H36N2. The molecule has 0 N–H and O–H groups in total. The first-order chi connectivity index (χ1) is 26.8. The maximum absolute atomic E-state index is 2.52. The van der Waals surface area contributed by atoms with E-state index in [9.17, 15) is 0 Å². The fraction of sp³-hybridized carbons (Fsp3) is 0.0385. The smallest absolute Gasteiger partial charge is 0.0806 e. The first-order valence-corrected chi connectivity index (χ1v) is 18.8. The maximum Gasteiger partial charge on any atom is 0.0806 e. The Hall–Kier alpha value is -6.90. The summed E-state index contributed by atoms with van der Waals surface area (Å²) in [6.07, 6.45) is 6.81. The van der Waals surface area contributed by atoms with Gasteiger partial charge in [-0.2, -0.15) is 0 Å². The summed E-state index contributed by atoms with van der Waals surface area (Å²) in [6, 6.07) is 66.9. The molecule has 0 amide bonds. The van der Waals surface area contributed by atoms with E-state index in [4.69, 9.17) is 0 Å². The zero-order valence-corrected chi connectivity index (χ0v) is 29.7. The van der Waals surface area contributed by atoms with Crippen LogP contribution in [-0.4, -0.2) is 16.0 Å². The van der Waals surface area contributed by atoms with Crippen molar-refractivity contribution < 1.29 is 0 Å². The second-order valence-corrected chi connectivity index (χ2v) is 14.5. The van der Waals surface area contributed by atoms with E-state index in [1.807, 2.05) is 0 Å². The lowest BCUT2D eigenvalue weighted by atomic mass is 9.89. The summed E-state index contributed by atoms with van der Waals surface area (Å²) in [4.78, 5) is 2.52. The number of aromatic nitrogens is 1. The molecule has 0 saturated heterocycles. The van der Waals surface area contributed by atoms with Crippen molar-refractivity contribution in [2.24, 2.45) is 0 Å². The van der Waals surface area contributed by atoms with Crippen molar-refractivity contribution in [3.05, 3.63) is 217 Å². The largest absolute Gasteiger partial charge is 0.362 e. The van der Waals surface area contributed by atoms with Gasteiger partial charge in [0.2, 0.25) is 0 Å². The highest BCUT2D eigenvalue weighted by Crippen LogP contribution is 2.48. The third-order valence-corrected chi connectivity index (χ3v) is 11.5. The van der Waals surface area contributed by atoms with Gasteiger partial charge in [0.15, 0.2) is 0 Å². The molecule has 0 bridgehead atoms. The highest BCUT2D eigenvalue weighted by molar-refractivity contribution is 6.09. The molecule has 2 heteroatoms. The minimum absolute atomic E-state index is 0.188. The van der Waals surface area contributed by atoms with Crippen LogP contribution in [0.1, 0.15) is 22.7 Å². The van der Waals surface area contributed by atoms with Gasteiger partial charge < -0.3 is 9.47 Å². The van der Waals surface area contributed by atoms with Crippen LogP contribution in [-0.2, 0) is 0 Å². The Morgan fingerprint density at radius 3 is 1.72 bits per heavy atom. The van der Waals surface area contributed by atoms with Gasteiger partial charge in [0.25, 0.3) is 0 Å². The third kappa shape index (κ3) is 4.81. The van der Waals surface area contributed by atoms with Gasteiger partial charge in [-0.1, -0.05) is 164 Å². The quantitative estimate of drug-likeness (QED) is 0.175. The lowest BCUT2D eigenvalue weighted by molar-refractivity contribution is 0.357. The topological polar surface area (TPSA) is 8.17 Å². The zero-order chi connectivity index (χ0) is 35.6. The predicted octanol–water partition coefficient (Wildman–Crippen LogP) is 13.3. The van der Waals surface area contributed by atoms with Gasteiger partial charge in [-0.15, -0.1) is 0 Å². The Morgan fingerprint density at radius 2 is 1.02 bits per heavy atom. The van der Waals surface area contributed by atoms with Crippen LogP contribution in [0.4, 0.5) is 0 Å². The average molecular weight is 689 g/mol. The molecule has 1 aliphatic carbocycles. The Morgan fingerprint density at radius 1 is 0.444 bits per heavy atom. The molecule has 9 aromatic rings. The summed E-state index contributed by atoms with van der Waals surface area (Å²) in [5.74, 6) is 0. The van der Waals surface area contributed by atoms with E-state index in [2.05, 4.69) is 210 Å². The molecule has 11 rings (SSSR count). The van der Waals surface area contributed by atoms with E-state index in [0.717, 1.165) is 6.54 Å². The lowest BCUT2D eigenvalue weighted by Gasteiger charge is -2.32. The van der Waals surface area contributed by atoms with Gasteiger partial charge in [0.05, 0.1) is 17.1 Å². The third-order valence-electron chi connectivity index (χ3n) is 11.5. The van der Waals surface area contributed by atoms with Gasteiger partial charge in [-0.05, 0) is 96.8 Å². The Kier molecular flexibility index (Phi) is 7.03. The van der Waals surface area contributed by atoms with Gasteiger partial charge >= 0.3 is 0 Å². The van der Waals surface area contributed by atoms with Crippen LogP contribution in [0, 0.1) is 0 Å². The van der Waals surface area contributed by atoms with Crippen LogP contribution in [0.3, 0.4) is 0 Å². The molecule has 1 aromatic heterocycles. The van der Waals surface area contributed by atoms with Crippen LogP contribution >= 0.6 is 0 Å². The van der Waals surface area contributed by atoms with Crippen LogP contribution in [0.5, 0.6) is 0 Å². The van der Waals surface area contributed by atoms with Crippen LogP contribution in [0.2, 0.25) is 0 Å². The molecule has 1 aliphatic heterocycles. The molecule has 0 unspecified atom stereocenters. The Bertz CT molecular complexity index is 2870. The molecule has 54 heavy (non-hydrogen) atoms. The fourth-order valence-electron chi connectivity index (χ4n) is 9.13. The molecule has 8 aromatic carbocycles. The van der Waals surface area contributed by atoms with E-state index >= 15 is 0 Å². The van der Waals surface area contributed by atoms with E-state index in [0.29, 0.717) is 0 Å². The Balaban J connectivity index is 0.948. The second kappa shape index (κ2) is 12.4. The Labute approximate surface area is 315 Å². The monoisotopic (exact) mass is 688 g/mol. The van der Waals surface area contributed by atoms with E-state index < -0.39 is 0 Å². The molecule has 254 valence electrons. The molecule has 0 radical (unpaired) electrons. The number of allylic oxidation sites excluding steroid dienone is 2. The van der Waals surface area contributed by atoms with Gasteiger partial charge in [0.1, 0.15) is 0 Å². The summed E-state index contributed by atoms with van der Waals surface area (Å²) in [5, 5.41) is 5.11. The highest BCUT2D eigenvalue weighted by Gasteiger charge is 2.32. The summed E-state index contributed by atoms with van der Waals surface area (Å²) in [6.45, 7) is 0.832. The van der Waals surface area contributed by atoms with Crippen molar-refractivity contribution in [3.63, 3.8) is 0 Å². The van der Waals surface area contributed by atoms with Crippen LogP contribution in [0.15, 0.2) is 200 Å². The van der Waals surface area contributed by atoms with Crippen molar-refractivity contribution in [2.75, 3.05) is 6.54 Å². The average Bonchev–Trinajstić information content (AvgIpc) is 3.77. The molecule has 0 spiro atoms. The molecule has 2 heterocycles. The minimum atomic E-state index is 0.188. The fourth-order valence-corrected chi connectivity index (χ4v) is 9.13. The lowest BCUT2D eigenvalue weighted by Crippen LogP contribution is -2.26. The maximum atomic E-state index is 2.52. The van der Waals surface area contributed by atoms with Gasteiger partial charge in [0, 0.05) is 29.2 Å². The van der Waals surface area contributed by atoms with Crippen LogP contribution < -0.4 is 0 Å². The molecule has 0 fully saturated rings.